The third kappa shape index (κ3) is 4.23. The van der Waals surface area contributed by atoms with E-state index in [-0.39, 0.29) is 12.0 Å². The quantitative estimate of drug-likeness (QED) is 0.835. The molecule has 0 heterocycles. The lowest BCUT2D eigenvalue weighted by atomic mass is 10.1. The molecule has 0 radical (unpaired) electrons. The zero-order valence-corrected chi connectivity index (χ0v) is 10.9. The van der Waals surface area contributed by atoms with E-state index in [4.69, 9.17) is 4.84 Å². The summed E-state index contributed by atoms with van der Waals surface area (Å²) in [6.07, 6.45) is 0.808. The van der Waals surface area contributed by atoms with Crippen molar-refractivity contribution < 1.29 is 9.63 Å². The summed E-state index contributed by atoms with van der Waals surface area (Å²) in [6, 6.07) is 19.1. The van der Waals surface area contributed by atoms with Crippen LogP contribution in [0.25, 0.3) is 0 Å². The van der Waals surface area contributed by atoms with Crippen LogP contribution < -0.4 is 5.48 Å². The fraction of sp³-hybridized carbons (Fsp3) is 0.188. The second-order valence-electron chi connectivity index (χ2n) is 4.46. The van der Waals surface area contributed by atoms with Crippen LogP contribution in [-0.4, -0.2) is 12.0 Å². The van der Waals surface area contributed by atoms with Gasteiger partial charge in [0.05, 0.1) is 5.56 Å². The van der Waals surface area contributed by atoms with Crippen molar-refractivity contribution in [3.05, 3.63) is 71.8 Å². The molecule has 0 saturated carbocycles. The van der Waals surface area contributed by atoms with Gasteiger partial charge in [-0.2, -0.15) is 0 Å². The van der Waals surface area contributed by atoms with Crippen LogP contribution in [0.4, 0.5) is 0 Å². The average molecular weight is 255 g/mol. The van der Waals surface area contributed by atoms with Crippen LogP contribution >= 0.6 is 0 Å². The minimum Gasteiger partial charge on any atom is -0.366 e. The van der Waals surface area contributed by atoms with Crippen molar-refractivity contribution in [1.82, 2.24) is 5.48 Å². The third-order valence-electron chi connectivity index (χ3n) is 2.75. The maximum Gasteiger partial charge on any atom is 0.356 e. The topological polar surface area (TPSA) is 38.3 Å². The first-order valence-electron chi connectivity index (χ1n) is 6.31. The fourth-order valence-electron chi connectivity index (χ4n) is 1.80. The molecule has 1 N–H and O–H groups in total. The number of hydrogen-bond acceptors (Lipinski definition) is 3. The second kappa shape index (κ2) is 6.71. The zero-order valence-electron chi connectivity index (χ0n) is 10.9. The Morgan fingerprint density at radius 3 is 2.26 bits per heavy atom. The fourth-order valence-corrected chi connectivity index (χ4v) is 1.80. The van der Waals surface area contributed by atoms with E-state index >= 15 is 0 Å². The van der Waals surface area contributed by atoms with Gasteiger partial charge in [-0.25, -0.2) is 4.79 Å². The van der Waals surface area contributed by atoms with E-state index < -0.39 is 0 Å². The highest BCUT2D eigenvalue weighted by Crippen LogP contribution is 2.04. The van der Waals surface area contributed by atoms with Gasteiger partial charge in [-0.15, -0.1) is 5.48 Å². The lowest BCUT2D eigenvalue weighted by Crippen LogP contribution is -2.30. The van der Waals surface area contributed by atoms with Gasteiger partial charge in [0.25, 0.3) is 0 Å². The number of hydroxylamine groups is 1. The lowest BCUT2D eigenvalue weighted by Gasteiger charge is -2.13. The van der Waals surface area contributed by atoms with Crippen LogP contribution in [0.15, 0.2) is 60.7 Å². The second-order valence-corrected chi connectivity index (χ2v) is 4.46. The molecule has 98 valence electrons. The van der Waals surface area contributed by atoms with Gasteiger partial charge in [0.2, 0.25) is 0 Å². The van der Waals surface area contributed by atoms with Crippen LogP contribution in [0.3, 0.4) is 0 Å². The first-order chi connectivity index (χ1) is 9.25. The van der Waals surface area contributed by atoms with E-state index in [2.05, 4.69) is 17.6 Å². The van der Waals surface area contributed by atoms with Gasteiger partial charge in [-0.1, -0.05) is 48.5 Å². The summed E-state index contributed by atoms with van der Waals surface area (Å²) in [6.45, 7) is 1.98. The van der Waals surface area contributed by atoms with E-state index in [1.54, 1.807) is 12.1 Å². The van der Waals surface area contributed by atoms with E-state index in [1.165, 1.54) is 5.56 Å². The SMILES string of the molecule is CC(Cc1ccccc1)NOC(=O)c1ccccc1. The molecule has 0 aliphatic heterocycles. The van der Waals surface area contributed by atoms with Crippen LogP contribution in [0, 0.1) is 0 Å². The van der Waals surface area contributed by atoms with Crippen LogP contribution in [0.1, 0.15) is 22.8 Å². The number of hydrogen-bond donors (Lipinski definition) is 1. The van der Waals surface area contributed by atoms with Crippen molar-refractivity contribution in [3.63, 3.8) is 0 Å². The number of benzene rings is 2. The first-order valence-corrected chi connectivity index (χ1v) is 6.31. The van der Waals surface area contributed by atoms with Gasteiger partial charge in [-0.05, 0) is 31.0 Å². The van der Waals surface area contributed by atoms with Crippen molar-refractivity contribution in [2.24, 2.45) is 0 Å². The smallest absolute Gasteiger partial charge is 0.356 e. The van der Waals surface area contributed by atoms with Crippen LogP contribution in [-0.2, 0) is 11.3 Å². The highest BCUT2D eigenvalue weighted by molar-refractivity contribution is 5.89. The number of carbonyl (C=O) groups is 1. The minimum atomic E-state index is -0.361. The van der Waals surface area contributed by atoms with E-state index in [1.807, 2.05) is 43.3 Å². The number of carbonyl (C=O) groups excluding carboxylic acids is 1. The minimum absolute atomic E-state index is 0.0649. The van der Waals surface area contributed by atoms with Crippen molar-refractivity contribution >= 4 is 5.97 Å². The van der Waals surface area contributed by atoms with E-state index in [0.29, 0.717) is 5.56 Å². The van der Waals surface area contributed by atoms with Crippen molar-refractivity contribution in [3.8, 4) is 0 Å². The Kier molecular flexibility index (Phi) is 4.70. The molecular formula is C16H17NO2. The molecule has 0 fully saturated rings. The maximum absolute atomic E-state index is 11.7. The Morgan fingerprint density at radius 2 is 1.63 bits per heavy atom. The van der Waals surface area contributed by atoms with Crippen molar-refractivity contribution in [2.75, 3.05) is 0 Å². The molecule has 0 aromatic heterocycles. The van der Waals surface area contributed by atoms with Gasteiger partial charge in [0.1, 0.15) is 0 Å². The zero-order chi connectivity index (χ0) is 13.5. The van der Waals surface area contributed by atoms with Crippen LogP contribution in [0.2, 0.25) is 0 Å². The monoisotopic (exact) mass is 255 g/mol. The predicted octanol–water partition coefficient (Wildman–Crippen LogP) is 2.98. The van der Waals surface area contributed by atoms with Crippen LogP contribution in [0.5, 0.6) is 0 Å². The normalized spacial score (nSPS) is 11.8. The number of nitrogens with one attached hydrogen (secondary N) is 1. The molecule has 1 unspecified atom stereocenters. The van der Waals surface area contributed by atoms with Crippen molar-refractivity contribution in [2.45, 2.75) is 19.4 Å². The molecular weight excluding hydrogens is 238 g/mol. The molecule has 0 spiro atoms. The van der Waals surface area contributed by atoms with E-state index in [9.17, 15) is 4.79 Å². The maximum atomic E-state index is 11.7. The molecule has 0 bridgehead atoms. The Labute approximate surface area is 113 Å². The molecule has 0 aliphatic carbocycles. The molecule has 0 amide bonds. The molecule has 0 saturated heterocycles. The summed E-state index contributed by atoms with van der Waals surface area (Å²) < 4.78 is 0. The molecule has 2 aromatic carbocycles. The first kappa shape index (κ1) is 13.3. The van der Waals surface area contributed by atoms with Gasteiger partial charge >= 0.3 is 5.97 Å². The molecule has 0 aliphatic rings. The molecule has 3 nitrogen and oxygen atoms in total. The summed E-state index contributed by atoms with van der Waals surface area (Å²) in [5.41, 5.74) is 4.53. The summed E-state index contributed by atoms with van der Waals surface area (Å²) in [4.78, 5) is 16.8. The Bertz CT molecular complexity index is 511. The largest absolute Gasteiger partial charge is 0.366 e. The van der Waals surface area contributed by atoms with Gasteiger partial charge in [0, 0.05) is 6.04 Å². The third-order valence-corrected chi connectivity index (χ3v) is 2.75. The standard InChI is InChI=1S/C16H17NO2/c1-13(12-14-8-4-2-5-9-14)17-19-16(18)15-10-6-3-7-11-15/h2-11,13,17H,12H2,1H3. The Hall–Kier alpha value is -2.13. The van der Waals surface area contributed by atoms with E-state index in [0.717, 1.165) is 6.42 Å². The lowest BCUT2D eigenvalue weighted by molar-refractivity contribution is 0.0171. The summed E-state index contributed by atoms with van der Waals surface area (Å²) in [5, 5.41) is 0. The van der Waals surface area contributed by atoms with Gasteiger partial charge in [-0.3, -0.25) is 0 Å². The van der Waals surface area contributed by atoms with Crippen molar-refractivity contribution in [1.29, 1.82) is 0 Å². The number of rotatable bonds is 5. The highest BCUT2D eigenvalue weighted by atomic mass is 16.7. The Morgan fingerprint density at radius 1 is 1.05 bits per heavy atom. The van der Waals surface area contributed by atoms with Gasteiger partial charge < -0.3 is 4.84 Å². The highest BCUT2D eigenvalue weighted by Gasteiger charge is 2.09. The summed E-state index contributed by atoms with van der Waals surface area (Å²) >= 11 is 0. The molecule has 3 heteroatoms. The molecule has 19 heavy (non-hydrogen) atoms. The molecule has 2 aromatic rings. The summed E-state index contributed by atoms with van der Waals surface area (Å²) in [7, 11) is 0. The predicted molar refractivity (Wildman–Crippen MR) is 74.6 cm³/mol. The van der Waals surface area contributed by atoms with Gasteiger partial charge in [0.15, 0.2) is 0 Å². The summed E-state index contributed by atoms with van der Waals surface area (Å²) in [5.74, 6) is -0.361. The Balaban J connectivity index is 1.81. The molecule has 2 rings (SSSR count). The molecule has 1 atom stereocenters. The average Bonchev–Trinajstić information content (AvgIpc) is 2.47.